The Bertz CT molecular complexity index is 898. The molecule has 0 spiro atoms. The summed E-state index contributed by atoms with van der Waals surface area (Å²) in [6, 6.07) is 17.4. The van der Waals surface area contributed by atoms with Gasteiger partial charge in [-0.1, -0.05) is 48.0 Å². The molecule has 2 aliphatic rings. The first-order valence-electron chi connectivity index (χ1n) is 9.82. The van der Waals surface area contributed by atoms with Crippen molar-refractivity contribution in [2.75, 3.05) is 13.7 Å². The van der Waals surface area contributed by atoms with Crippen LogP contribution in [0, 0.1) is 12.8 Å². The van der Waals surface area contributed by atoms with Crippen molar-refractivity contribution in [3.8, 4) is 0 Å². The Labute approximate surface area is 167 Å². The lowest BCUT2D eigenvalue weighted by atomic mass is 9.76. The van der Waals surface area contributed by atoms with Gasteiger partial charge in [0.2, 0.25) is 10.0 Å². The minimum atomic E-state index is -3.63. The van der Waals surface area contributed by atoms with Gasteiger partial charge < -0.3 is 9.47 Å². The van der Waals surface area contributed by atoms with E-state index < -0.39 is 16.3 Å². The third-order valence-electron chi connectivity index (χ3n) is 5.97. The van der Waals surface area contributed by atoms with Crippen LogP contribution in [0.3, 0.4) is 0 Å². The number of ether oxygens (including phenoxy) is 2. The van der Waals surface area contributed by atoms with Crippen molar-refractivity contribution >= 4 is 10.0 Å². The van der Waals surface area contributed by atoms with Gasteiger partial charge in [0.05, 0.1) is 4.90 Å². The first-order valence-corrected chi connectivity index (χ1v) is 11.3. The van der Waals surface area contributed by atoms with Crippen molar-refractivity contribution in [3.63, 3.8) is 0 Å². The van der Waals surface area contributed by atoms with E-state index in [1.165, 1.54) is 5.56 Å². The molecule has 5 nitrogen and oxygen atoms in total. The zero-order valence-corrected chi connectivity index (χ0v) is 17.1. The Hall–Kier alpha value is -1.73. The summed E-state index contributed by atoms with van der Waals surface area (Å²) in [6.45, 7) is 2.39. The Kier molecular flexibility index (Phi) is 5.56. The van der Waals surface area contributed by atoms with Gasteiger partial charge in [0, 0.05) is 19.6 Å². The van der Waals surface area contributed by atoms with Crippen molar-refractivity contribution in [1.29, 1.82) is 0 Å². The third kappa shape index (κ3) is 3.62. The van der Waals surface area contributed by atoms with Crippen molar-refractivity contribution in [1.82, 2.24) is 4.31 Å². The molecule has 28 heavy (non-hydrogen) atoms. The quantitative estimate of drug-likeness (QED) is 0.780. The molecule has 2 heterocycles. The smallest absolute Gasteiger partial charge is 0.245 e. The van der Waals surface area contributed by atoms with E-state index in [9.17, 15) is 8.42 Å². The molecule has 2 aromatic carbocycles. The highest BCUT2D eigenvalue weighted by atomic mass is 32.2. The number of rotatable bonds is 4. The van der Waals surface area contributed by atoms with Crippen LogP contribution in [-0.2, 0) is 19.5 Å². The molecule has 0 radical (unpaired) electrons. The molecule has 2 saturated heterocycles. The topological polar surface area (TPSA) is 55.8 Å². The standard InChI is InChI=1S/C22H27NO4S/c1-16-8-10-18(11-9-16)28(24,25)23-15-14-19(17-6-4-3-5-7-17)20-12-13-21(26-2)27-22(20)23/h3-11,19-22H,12-15H2,1-2H3/t19-,20+,21-,22+/m0/s1. The van der Waals surface area contributed by atoms with Crippen molar-refractivity contribution in [3.05, 3.63) is 65.7 Å². The van der Waals surface area contributed by atoms with Gasteiger partial charge >= 0.3 is 0 Å². The monoisotopic (exact) mass is 401 g/mol. The van der Waals surface area contributed by atoms with Crippen molar-refractivity contribution in [2.45, 2.75) is 49.5 Å². The molecule has 0 amide bonds. The van der Waals surface area contributed by atoms with Gasteiger partial charge in [-0.15, -0.1) is 0 Å². The normalized spacial score (nSPS) is 28.6. The number of nitrogens with zero attached hydrogens (tertiary/aromatic N) is 1. The van der Waals surface area contributed by atoms with Gasteiger partial charge in [-0.3, -0.25) is 0 Å². The van der Waals surface area contributed by atoms with Crippen LogP contribution in [0.2, 0.25) is 0 Å². The lowest BCUT2D eigenvalue weighted by molar-refractivity contribution is -0.235. The summed E-state index contributed by atoms with van der Waals surface area (Å²) in [5.41, 5.74) is 2.29. The summed E-state index contributed by atoms with van der Waals surface area (Å²) in [6.07, 6.45) is 1.56. The highest BCUT2D eigenvalue weighted by molar-refractivity contribution is 7.89. The highest BCUT2D eigenvalue weighted by Gasteiger charge is 2.47. The molecule has 0 bridgehead atoms. The minimum Gasteiger partial charge on any atom is -0.356 e. The number of aryl methyl sites for hydroxylation is 1. The zero-order valence-electron chi connectivity index (χ0n) is 16.3. The molecule has 6 heteroatoms. The number of benzene rings is 2. The van der Waals surface area contributed by atoms with Crippen molar-refractivity contribution < 1.29 is 17.9 Å². The Balaban J connectivity index is 1.68. The molecule has 2 aliphatic heterocycles. The van der Waals surface area contributed by atoms with Crippen LogP contribution in [0.1, 0.15) is 36.3 Å². The van der Waals surface area contributed by atoms with Crippen LogP contribution < -0.4 is 0 Å². The number of fused-ring (bicyclic) bond motifs is 1. The largest absolute Gasteiger partial charge is 0.356 e. The zero-order chi connectivity index (χ0) is 19.7. The Morgan fingerprint density at radius 2 is 1.71 bits per heavy atom. The molecule has 150 valence electrons. The second-order valence-electron chi connectivity index (χ2n) is 7.67. The van der Waals surface area contributed by atoms with E-state index in [2.05, 4.69) is 12.1 Å². The second-order valence-corrected chi connectivity index (χ2v) is 9.56. The van der Waals surface area contributed by atoms with Gasteiger partial charge in [0.15, 0.2) is 6.29 Å². The predicted octanol–water partition coefficient (Wildman–Crippen LogP) is 3.90. The molecule has 4 rings (SSSR count). The SMILES string of the molecule is CO[C@@H]1CC[C@H]2[C@@H](O1)N(S(=O)(=O)c1ccc(C)cc1)CC[C@H]2c1ccccc1. The maximum atomic E-state index is 13.4. The fourth-order valence-electron chi connectivity index (χ4n) is 4.47. The van der Waals surface area contributed by atoms with Crippen LogP contribution in [0.4, 0.5) is 0 Å². The van der Waals surface area contributed by atoms with Gasteiger partial charge in [0.1, 0.15) is 6.23 Å². The van der Waals surface area contributed by atoms with E-state index in [4.69, 9.17) is 9.47 Å². The summed E-state index contributed by atoms with van der Waals surface area (Å²) in [4.78, 5) is 0.318. The highest BCUT2D eigenvalue weighted by Crippen LogP contribution is 2.45. The van der Waals surface area contributed by atoms with E-state index in [-0.39, 0.29) is 18.1 Å². The molecule has 4 atom stereocenters. The summed E-state index contributed by atoms with van der Waals surface area (Å²) < 4.78 is 39.9. The lowest BCUT2D eigenvalue weighted by Gasteiger charge is -2.48. The Morgan fingerprint density at radius 1 is 1.00 bits per heavy atom. The summed E-state index contributed by atoms with van der Waals surface area (Å²) >= 11 is 0. The first kappa shape index (κ1) is 19.6. The van der Waals surface area contributed by atoms with E-state index in [0.717, 1.165) is 24.8 Å². The van der Waals surface area contributed by atoms with Crippen LogP contribution in [0.25, 0.3) is 0 Å². The lowest BCUT2D eigenvalue weighted by Crippen LogP contribution is -2.55. The molecule has 0 aliphatic carbocycles. The molecule has 0 aromatic heterocycles. The Morgan fingerprint density at radius 3 is 2.39 bits per heavy atom. The average molecular weight is 402 g/mol. The van der Waals surface area contributed by atoms with Crippen LogP contribution in [-0.4, -0.2) is 38.9 Å². The fourth-order valence-corrected chi connectivity index (χ4v) is 6.05. The molecule has 0 saturated carbocycles. The van der Waals surface area contributed by atoms with Crippen LogP contribution >= 0.6 is 0 Å². The fraction of sp³-hybridized carbons (Fsp3) is 0.455. The summed E-state index contributed by atoms with van der Waals surface area (Å²) in [5.74, 6) is 0.399. The van der Waals surface area contributed by atoms with Gasteiger partial charge in [-0.2, -0.15) is 4.31 Å². The number of hydrogen-bond acceptors (Lipinski definition) is 4. The van der Waals surface area contributed by atoms with E-state index in [1.54, 1.807) is 23.5 Å². The van der Waals surface area contributed by atoms with E-state index in [0.29, 0.717) is 11.4 Å². The molecule has 2 aromatic rings. The van der Waals surface area contributed by atoms with Gasteiger partial charge in [0.25, 0.3) is 0 Å². The second kappa shape index (κ2) is 7.95. The molecule has 0 unspecified atom stereocenters. The maximum Gasteiger partial charge on any atom is 0.245 e. The number of hydrogen-bond donors (Lipinski definition) is 0. The molecular weight excluding hydrogens is 374 g/mol. The van der Waals surface area contributed by atoms with Gasteiger partial charge in [-0.25, -0.2) is 8.42 Å². The third-order valence-corrected chi connectivity index (χ3v) is 7.85. The van der Waals surface area contributed by atoms with E-state index in [1.807, 2.05) is 37.3 Å². The van der Waals surface area contributed by atoms with Gasteiger partial charge in [-0.05, 0) is 49.8 Å². The average Bonchev–Trinajstić information content (AvgIpc) is 2.73. The number of piperidine rings is 1. The minimum absolute atomic E-state index is 0.114. The number of methoxy groups -OCH3 is 1. The summed E-state index contributed by atoms with van der Waals surface area (Å²) in [5, 5.41) is 0. The van der Waals surface area contributed by atoms with Crippen LogP contribution in [0.15, 0.2) is 59.5 Å². The van der Waals surface area contributed by atoms with Crippen LogP contribution in [0.5, 0.6) is 0 Å². The predicted molar refractivity (Wildman–Crippen MR) is 107 cm³/mol. The molecule has 2 fully saturated rings. The van der Waals surface area contributed by atoms with E-state index >= 15 is 0 Å². The maximum absolute atomic E-state index is 13.4. The van der Waals surface area contributed by atoms with Crippen molar-refractivity contribution in [2.24, 2.45) is 5.92 Å². The summed E-state index contributed by atoms with van der Waals surface area (Å²) in [7, 11) is -2.02. The first-order chi connectivity index (χ1) is 13.5. The molecule has 0 N–H and O–H groups in total. The number of sulfonamides is 1. The molecular formula is C22H27NO4S.